The summed E-state index contributed by atoms with van der Waals surface area (Å²) in [7, 11) is -9.68. The average molecular weight is 368 g/mol. The van der Waals surface area contributed by atoms with Gasteiger partial charge in [0.25, 0.3) is 9.84 Å². The van der Waals surface area contributed by atoms with E-state index in [0.717, 1.165) is 30.5 Å². The number of hydrogen-bond donors (Lipinski definition) is 0. The molecule has 12 heteroatoms. The molecule has 0 amide bonds. The molecule has 0 bridgehead atoms. The first-order valence-corrected chi connectivity index (χ1v) is 8.84. The Morgan fingerprint density at radius 2 is 1.41 bits per heavy atom. The van der Waals surface area contributed by atoms with Crippen molar-refractivity contribution in [3.63, 3.8) is 0 Å². The Morgan fingerprint density at radius 3 is 1.77 bits per heavy atom. The number of rotatable bonds is 5. The number of benzene rings is 1. The Labute approximate surface area is 122 Å². The monoisotopic (exact) mass is 368 g/mol. The summed E-state index contributed by atoms with van der Waals surface area (Å²) >= 11 is 0. The van der Waals surface area contributed by atoms with Crippen molar-refractivity contribution < 1.29 is 43.5 Å². The van der Waals surface area contributed by atoms with Gasteiger partial charge in [-0.3, -0.25) is 0 Å². The minimum Gasteiger partial charge on any atom is -0.432 e. The maximum atomic E-state index is 13.3. The average Bonchev–Trinajstić information content (AvgIpc) is 2.24. The highest BCUT2D eigenvalue weighted by atomic mass is 32.2. The van der Waals surface area contributed by atoms with Gasteiger partial charge in [-0.15, -0.1) is 0 Å². The first-order chi connectivity index (χ1) is 9.64. The minimum absolute atomic E-state index is 0.230. The van der Waals surface area contributed by atoms with Gasteiger partial charge in [0.05, 0.1) is 4.90 Å². The van der Waals surface area contributed by atoms with E-state index in [1.54, 1.807) is 0 Å². The smallest absolute Gasteiger partial charge is 0.432 e. The normalized spacial score (nSPS) is 13.9. The van der Waals surface area contributed by atoms with Crippen LogP contribution in [0.15, 0.2) is 29.2 Å². The molecule has 0 N–H and O–H groups in total. The van der Waals surface area contributed by atoms with Crippen molar-refractivity contribution in [1.29, 1.82) is 0 Å². The number of ether oxygens (including phenoxy) is 1. The molecule has 22 heavy (non-hydrogen) atoms. The molecular weight excluding hydrogens is 359 g/mol. The fourth-order valence-electron chi connectivity index (χ4n) is 1.26. The molecule has 0 aromatic heterocycles. The quantitative estimate of drug-likeness (QED) is 0.743. The van der Waals surface area contributed by atoms with Gasteiger partial charge in [-0.2, -0.15) is 22.0 Å². The van der Waals surface area contributed by atoms with Crippen molar-refractivity contribution in [3.05, 3.63) is 24.3 Å². The number of alkyl halides is 5. The van der Waals surface area contributed by atoms with Gasteiger partial charge in [-0.05, 0) is 24.3 Å². The first-order valence-electron chi connectivity index (χ1n) is 5.30. The molecule has 0 aliphatic carbocycles. The van der Waals surface area contributed by atoms with Crippen LogP contribution < -0.4 is 4.74 Å². The molecule has 0 aliphatic rings. The molecule has 5 nitrogen and oxygen atoms in total. The zero-order valence-corrected chi connectivity index (χ0v) is 12.4. The zero-order valence-electron chi connectivity index (χ0n) is 10.8. The summed E-state index contributed by atoms with van der Waals surface area (Å²) in [6.45, 7) is 0. The van der Waals surface area contributed by atoms with E-state index in [1.807, 2.05) is 0 Å². The number of hydrogen-bond acceptors (Lipinski definition) is 5. The standard InChI is InChI=1S/C10H9F5O5S2/c1-21(16,17)8-4-2-7(3-5-8)20-9(11,12)6-22(18,19)10(13,14)15/h2-5H,6H2,1H3. The van der Waals surface area contributed by atoms with Crippen LogP contribution in [-0.4, -0.2) is 40.5 Å². The first kappa shape index (κ1) is 18.6. The molecular formula is C10H9F5O5S2. The van der Waals surface area contributed by atoms with E-state index in [1.165, 1.54) is 0 Å². The molecule has 126 valence electrons. The summed E-state index contributed by atoms with van der Waals surface area (Å²) in [4.78, 5) is -0.230. The fraction of sp³-hybridized carbons (Fsp3) is 0.400. The van der Waals surface area contributed by atoms with Crippen LogP contribution in [-0.2, 0) is 19.7 Å². The summed E-state index contributed by atoms with van der Waals surface area (Å²) in [6.07, 6.45) is -3.78. The lowest BCUT2D eigenvalue weighted by atomic mass is 10.3. The SMILES string of the molecule is CS(=O)(=O)c1ccc(OC(F)(F)CS(=O)(=O)C(F)(F)F)cc1. The van der Waals surface area contributed by atoms with Gasteiger partial charge in [-0.1, -0.05) is 0 Å². The van der Waals surface area contributed by atoms with E-state index in [-0.39, 0.29) is 4.90 Å². The van der Waals surface area contributed by atoms with Crippen LogP contribution in [0, 0.1) is 0 Å². The van der Waals surface area contributed by atoms with Crippen LogP contribution in [0.2, 0.25) is 0 Å². The van der Waals surface area contributed by atoms with Gasteiger partial charge < -0.3 is 4.74 Å². The molecule has 0 heterocycles. The molecule has 0 radical (unpaired) electrons. The molecule has 0 aliphatic heterocycles. The van der Waals surface area contributed by atoms with E-state index >= 15 is 0 Å². The molecule has 0 fully saturated rings. The van der Waals surface area contributed by atoms with E-state index in [9.17, 15) is 38.8 Å². The van der Waals surface area contributed by atoms with E-state index in [4.69, 9.17) is 0 Å². The van der Waals surface area contributed by atoms with Crippen molar-refractivity contribution in [2.75, 3.05) is 12.0 Å². The minimum atomic E-state index is -6.08. The van der Waals surface area contributed by atoms with Gasteiger partial charge >= 0.3 is 11.6 Å². The molecule has 0 atom stereocenters. The summed E-state index contributed by atoms with van der Waals surface area (Å²) in [6, 6.07) is 3.31. The zero-order chi connectivity index (χ0) is 17.4. The second-order valence-electron chi connectivity index (χ2n) is 4.19. The van der Waals surface area contributed by atoms with Gasteiger partial charge in [-0.25, -0.2) is 16.8 Å². The highest BCUT2D eigenvalue weighted by Crippen LogP contribution is 2.30. The molecule has 1 aromatic rings. The lowest BCUT2D eigenvalue weighted by Gasteiger charge is -2.18. The lowest BCUT2D eigenvalue weighted by molar-refractivity contribution is -0.157. The molecule has 0 spiro atoms. The lowest BCUT2D eigenvalue weighted by Crippen LogP contribution is -2.39. The van der Waals surface area contributed by atoms with E-state index < -0.39 is 42.8 Å². The van der Waals surface area contributed by atoms with Gasteiger partial charge in [0, 0.05) is 6.26 Å². The third-order valence-electron chi connectivity index (χ3n) is 2.23. The molecule has 0 saturated heterocycles. The summed E-state index contributed by atoms with van der Waals surface area (Å²) in [5.41, 5.74) is -5.83. The van der Waals surface area contributed by atoms with Crippen molar-refractivity contribution in [3.8, 4) is 5.75 Å². The highest BCUT2D eigenvalue weighted by Gasteiger charge is 2.52. The van der Waals surface area contributed by atoms with Crippen LogP contribution in [0.3, 0.4) is 0 Å². The fourth-order valence-corrected chi connectivity index (χ4v) is 2.56. The Hall–Kier alpha value is -1.43. The maximum Gasteiger partial charge on any atom is 0.497 e. The van der Waals surface area contributed by atoms with Gasteiger partial charge in [0.2, 0.25) is 0 Å². The Morgan fingerprint density at radius 1 is 0.955 bits per heavy atom. The number of sulfone groups is 2. The van der Waals surface area contributed by atoms with Crippen molar-refractivity contribution >= 4 is 19.7 Å². The maximum absolute atomic E-state index is 13.3. The van der Waals surface area contributed by atoms with Crippen LogP contribution in [0.1, 0.15) is 0 Å². The topological polar surface area (TPSA) is 77.5 Å². The molecule has 1 aromatic carbocycles. The Bertz CT molecular complexity index is 735. The molecule has 1 rings (SSSR count). The van der Waals surface area contributed by atoms with Crippen LogP contribution >= 0.6 is 0 Å². The van der Waals surface area contributed by atoms with E-state index in [0.29, 0.717) is 0 Å². The largest absolute Gasteiger partial charge is 0.497 e. The van der Waals surface area contributed by atoms with Crippen molar-refractivity contribution in [1.82, 2.24) is 0 Å². The molecule has 0 saturated carbocycles. The Kier molecular flexibility index (Phi) is 4.78. The number of halogens is 5. The van der Waals surface area contributed by atoms with Crippen LogP contribution in [0.5, 0.6) is 5.75 Å². The van der Waals surface area contributed by atoms with Crippen molar-refractivity contribution in [2.24, 2.45) is 0 Å². The van der Waals surface area contributed by atoms with Crippen molar-refractivity contribution in [2.45, 2.75) is 16.5 Å². The summed E-state index contributed by atoms with van der Waals surface area (Å²) in [5.74, 6) is -3.27. The second kappa shape index (κ2) is 5.65. The van der Waals surface area contributed by atoms with Gasteiger partial charge in [0.15, 0.2) is 15.6 Å². The summed E-state index contributed by atoms with van der Waals surface area (Å²) in [5, 5.41) is 0. The predicted molar refractivity (Wildman–Crippen MR) is 65.0 cm³/mol. The van der Waals surface area contributed by atoms with Crippen LogP contribution in [0.4, 0.5) is 22.0 Å². The molecule has 0 unspecified atom stereocenters. The Balaban J connectivity index is 2.94. The van der Waals surface area contributed by atoms with Gasteiger partial charge in [0.1, 0.15) is 5.75 Å². The second-order valence-corrected chi connectivity index (χ2v) is 8.18. The summed E-state index contributed by atoms with van der Waals surface area (Å²) < 4.78 is 110. The highest BCUT2D eigenvalue weighted by molar-refractivity contribution is 7.92. The van der Waals surface area contributed by atoms with E-state index in [2.05, 4.69) is 4.74 Å². The van der Waals surface area contributed by atoms with Crippen LogP contribution in [0.25, 0.3) is 0 Å². The third-order valence-corrected chi connectivity index (χ3v) is 4.78. The predicted octanol–water partition coefficient (Wildman–Crippen LogP) is 2.00. The third kappa shape index (κ3) is 4.80.